The van der Waals surface area contributed by atoms with E-state index in [4.69, 9.17) is 10.5 Å². The number of nitrogens with one attached hydrogen (secondary N) is 1. The van der Waals surface area contributed by atoms with Gasteiger partial charge in [-0.05, 0) is 25.0 Å². The Morgan fingerprint density at radius 1 is 1.53 bits per heavy atom. The maximum Gasteiger partial charge on any atom is 0.272 e. The molecular weight excluding hydrogens is 218 g/mol. The van der Waals surface area contributed by atoms with E-state index in [2.05, 4.69) is 17.2 Å². The summed E-state index contributed by atoms with van der Waals surface area (Å²) in [5, 5.41) is 2.76. The molecule has 1 heterocycles. The Labute approximate surface area is 101 Å². The molecule has 0 atom stereocenters. The standard InChI is InChI=1S/C12H19N3O2/c1-2-8-17-9-4-7-15-12(16)11-10(13)5-3-6-14-11/h3,5-6H,2,4,7-9,13H2,1H3,(H,15,16). The number of anilines is 1. The average Bonchev–Trinajstić information content (AvgIpc) is 2.34. The topological polar surface area (TPSA) is 77.2 Å². The highest BCUT2D eigenvalue weighted by atomic mass is 16.5. The summed E-state index contributed by atoms with van der Waals surface area (Å²) < 4.78 is 5.30. The quantitative estimate of drug-likeness (QED) is 0.699. The van der Waals surface area contributed by atoms with Gasteiger partial charge in [0.1, 0.15) is 0 Å². The van der Waals surface area contributed by atoms with Crippen molar-refractivity contribution in [3.63, 3.8) is 0 Å². The lowest BCUT2D eigenvalue weighted by molar-refractivity contribution is 0.0937. The molecule has 0 spiro atoms. The third-order valence-corrected chi connectivity index (χ3v) is 2.15. The van der Waals surface area contributed by atoms with E-state index in [0.29, 0.717) is 18.8 Å². The van der Waals surface area contributed by atoms with Gasteiger partial charge in [-0.3, -0.25) is 4.79 Å². The van der Waals surface area contributed by atoms with Crippen molar-refractivity contribution < 1.29 is 9.53 Å². The first-order valence-electron chi connectivity index (χ1n) is 5.82. The van der Waals surface area contributed by atoms with Crippen LogP contribution < -0.4 is 11.1 Å². The molecule has 1 rings (SSSR count). The van der Waals surface area contributed by atoms with Gasteiger partial charge in [0.15, 0.2) is 5.69 Å². The van der Waals surface area contributed by atoms with Crippen LogP contribution in [-0.4, -0.2) is 30.6 Å². The van der Waals surface area contributed by atoms with Gasteiger partial charge in [0, 0.05) is 26.0 Å². The lowest BCUT2D eigenvalue weighted by Crippen LogP contribution is -2.27. The van der Waals surface area contributed by atoms with E-state index in [0.717, 1.165) is 19.4 Å². The van der Waals surface area contributed by atoms with Crippen LogP contribution in [0.3, 0.4) is 0 Å². The maximum atomic E-state index is 11.7. The van der Waals surface area contributed by atoms with E-state index in [1.54, 1.807) is 18.3 Å². The third-order valence-electron chi connectivity index (χ3n) is 2.15. The largest absolute Gasteiger partial charge is 0.397 e. The van der Waals surface area contributed by atoms with Crippen LogP contribution in [-0.2, 0) is 4.74 Å². The molecule has 0 radical (unpaired) electrons. The number of rotatable bonds is 7. The molecule has 1 amide bonds. The van der Waals surface area contributed by atoms with Crippen LogP contribution in [0.2, 0.25) is 0 Å². The number of carbonyl (C=O) groups is 1. The van der Waals surface area contributed by atoms with Crippen molar-refractivity contribution in [1.82, 2.24) is 10.3 Å². The smallest absolute Gasteiger partial charge is 0.272 e. The Balaban J connectivity index is 2.24. The molecule has 1 aromatic heterocycles. The third kappa shape index (κ3) is 4.82. The second-order valence-corrected chi connectivity index (χ2v) is 3.66. The van der Waals surface area contributed by atoms with Gasteiger partial charge in [-0.15, -0.1) is 0 Å². The number of hydrogen-bond donors (Lipinski definition) is 2. The van der Waals surface area contributed by atoms with Crippen LogP contribution >= 0.6 is 0 Å². The molecule has 0 fully saturated rings. The van der Waals surface area contributed by atoms with Crippen molar-refractivity contribution >= 4 is 11.6 Å². The maximum absolute atomic E-state index is 11.7. The number of nitrogens with two attached hydrogens (primary N) is 1. The van der Waals surface area contributed by atoms with Gasteiger partial charge in [-0.25, -0.2) is 4.98 Å². The van der Waals surface area contributed by atoms with E-state index in [1.165, 1.54) is 0 Å². The van der Waals surface area contributed by atoms with Crippen molar-refractivity contribution in [3.05, 3.63) is 24.0 Å². The zero-order chi connectivity index (χ0) is 12.5. The number of nitrogens with zero attached hydrogens (tertiary/aromatic N) is 1. The number of nitrogen functional groups attached to an aromatic ring is 1. The lowest BCUT2D eigenvalue weighted by Gasteiger charge is -2.06. The molecule has 0 bridgehead atoms. The summed E-state index contributed by atoms with van der Waals surface area (Å²) in [7, 11) is 0. The van der Waals surface area contributed by atoms with E-state index < -0.39 is 0 Å². The zero-order valence-corrected chi connectivity index (χ0v) is 10.1. The number of hydrogen-bond acceptors (Lipinski definition) is 4. The first-order valence-corrected chi connectivity index (χ1v) is 5.82. The van der Waals surface area contributed by atoms with Gasteiger partial charge in [0.05, 0.1) is 5.69 Å². The molecule has 1 aromatic rings. The van der Waals surface area contributed by atoms with E-state index >= 15 is 0 Å². The van der Waals surface area contributed by atoms with Gasteiger partial charge < -0.3 is 15.8 Å². The molecule has 0 aliphatic heterocycles. The predicted octanol–water partition coefficient (Wildman–Crippen LogP) is 1.21. The van der Waals surface area contributed by atoms with Crippen LogP contribution in [0.15, 0.2) is 18.3 Å². The highest BCUT2D eigenvalue weighted by molar-refractivity contribution is 5.96. The van der Waals surface area contributed by atoms with Crippen LogP contribution in [0.25, 0.3) is 0 Å². The summed E-state index contributed by atoms with van der Waals surface area (Å²) >= 11 is 0. The normalized spacial score (nSPS) is 10.2. The lowest BCUT2D eigenvalue weighted by atomic mass is 10.3. The summed E-state index contributed by atoms with van der Waals surface area (Å²) in [5.74, 6) is -0.237. The zero-order valence-electron chi connectivity index (χ0n) is 10.1. The second-order valence-electron chi connectivity index (χ2n) is 3.66. The molecule has 94 valence electrons. The van der Waals surface area contributed by atoms with E-state index in [1.807, 2.05) is 0 Å². The summed E-state index contributed by atoms with van der Waals surface area (Å²) in [6, 6.07) is 3.36. The molecule has 0 unspecified atom stereocenters. The first kappa shape index (κ1) is 13.4. The number of carbonyl (C=O) groups excluding carboxylic acids is 1. The highest BCUT2D eigenvalue weighted by Gasteiger charge is 2.09. The van der Waals surface area contributed by atoms with Gasteiger partial charge in [0.2, 0.25) is 0 Å². The van der Waals surface area contributed by atoms with Crippen molar-refractivity contribution in [2.75, 3.05) is 25.5 Å². The molecule has 5 heteroatoms. The van der Waals surface area contributed by atoms with Crippen molar-refractivity contribution in [2.24, 2.45) is 0 Å². The van der Waals surface area contributed by atoms with Crippen LogP contribution in [0.1, 0.15) is 30.3 Å². The van der Waals surface area contributed by atoms with Crippen LogP contribution in [0.4, 0.5) is 5.69 Å². The first-order chi connectivity index (χ1) is 8.25. The predicted molar refractivity (Wildman–Crippen MR) is 66.7 cm³/mol. The Morgan fingerprint density at radius 3 is 3.06 bits per heavy atom. The number of aromatic nitrogens is 1. The molecule has 0 saturated heterocycles. The van der Waals surface area contributed by atoms with Gasteiger partial charge >= 0.3 is 0 Å². The molecule has 17 heavy (non-hydrogen) atoms. The number of ether oxygens (including phenoxy) is 1. The van der Waals surface area contributed by atoms with Crippen molar-refractivity contribution in [2.45, 2.75) is 19.8 Å². The fourth-order valence-electron chi connectivity index (χ4n) is 1.31. The van der Waals surface area contributed by atoms with Crippen molar-refractivity contribution in [3.8, 4) is 0 Å². The van der Waals surface area contributed by atoms with Gasteiger partial charge in [-0.2, -0.15) is 0 Å². The number of amides is 1. The fourth-order valence-corrected chi connectivity index (χ4v) is 1.31. The number of pyridine rings is 1. The van der Waals surface area contributed by atoms with E-state index in [-0.39, 0.29) is 11.6 Å². The molecule has 3 N–H and O–H groups in total. The minimum atomic E-state index is -0.237. The molecule has 5 nitrogen and oxygen atoms in total. The molecule has 0 aliphatic rings. The minimum absolute atomic E-state index is 0.237. The molecular formula is C12H19N3O2. The SMILES string of the molecule is CCCOCCCNC(=O)c1ncccc1N. The minimum Gasteiger partial charge on any atom is -0.397 e. The van der Waals surface area contributed by atoms with Crippen molar-refractivity contribution in [1.29, 1.82) is 0 Å². The molecule has 0 aliphatic carbocycles. The summed E-state index contributed by atoms with van der Waals surface area (Å²) in [4.78, 5) is 15.6. The summed E-state index contributed by atoms with van der Waals surface area (Å²) in [5.41, 5.74) is 6.32. The Bertz CT molecular complexity index is 355. The molecule has 0 saturated carbocycles. The Hall–Kier alpha value is -1.62. The highest BCUT2D eigenvalue weighted by Crippen LogP contribution is 2.05. The average molecular weight is 237 g/mol. The van der Waals surface area contributed by atoms with E-state index in [9.17, 15) is 4.79 Å². The monoisotopic (exact) mass is 237 g/mol. The summed E-state index contributed by atoms with van der Waals surface area (Å²) in [6.45, 7) is 4.05. The summed E-state index contributed by atoms with van der Waals surface area (Å²) in [6.07, 6.45) is 3.35. The molecule has 0 aromatic carbocycles. The Morgan fingerprint density at radius 2 is 2.35 bits per heavy atom. The van der Waals surface area contributed by atoms with Crippen LogP contribution in [0, 0.1) is 0 Å². The van der Waals surface area contributed by atoms with Gasteiger partial charge in [0.25, 0.3) is 5.91 Å². The fraction of sp³-hybridized carbons (Fsp3) is 0.500. The van der Waals surface area contributed by atoms with Crippen LogP contribution in [0.5, 0.6) is 0 Å². The Kier molecular flexibility index (Phi) is 6.03. The van der Waals surface area contributed by atoms with Gasteiger partial charge in [-0.1, -0.05) is 6.92 Å². The second kappa shape index (κ2) is 7.62.